The highest BCUT2D eigenvalue weighted by atomic mass is 31.2. The Morgan fingerprint density at radius 3 is 1.55 bits per heavy atom. The molecule has 0 bridgehead atoms. The second kappa shape index (κ2) is 16.3. The van der Waals surface area contributed by atoms with Gasteiger partial charge in [0.05, 0.1) is 19.8 Å². The number of phosphoric acid groups is 1. The van der Waals surface area contributed by atoms with Gasteiger partial charge in [0.15, 0.2) is 0 Å². The summed E-state index contributed by atoms with van der Waals surface area (Å²) >= 11 is 0. The highest BCUT2D eigenvalue weighted by Gasteiger charge is 2.27. The summed E-state index contributed by atoms with van der Waals surface area (Å²) in [4.78, 5) is 22.7. The molecule has 0 aromatic rings. The summed E-state index contributed by atoms with van der Waals surface area (Å²) in [5, 5.41) is 0. The van der Waals surface area contributed by atoms with E-state index in [1.165, 1.54) is 26.7 Å². The van der Waals surface area contributed by atoms with Gasteiger partial charge >= 0.3 is 19.8 Å². The predicted octanol–water partition coefficient (Wildman–Crippen LogP) is 4.74. The third kappa shape index (κ3) is 15.1. The van der Waals surface area contributed by atoms with Crippen LogP contribution >= 0.6 is 7.82 Å². The molecule has 0 spiro atoms. The first-order valence-corrected chi connectivity index (χ1v) is 11.4. The van der Waals surface area contributed by atoms with Crippen LogP contribution in [0, 0.1) is 0 Å². The van der Waals surface area contributed by atoms with E-state index in [0.29, 0.717) is 0 Å². The van der Waals surface area contributed by atoms with Crippen molar-refractivity contribution in [3.63, 3.8) is 0 Å². The molecule has 0 aromatic carbocycles. The minimum Gasteiger partial charge on any atom is -0.460 e. The fourth-order valence-electron chi connectivity index (χ4n) is 1.98. The van der Waals surface area contributed by atoms with Gasteiger partial charge in [0.1, 0.15) is 13.2 Å². The first-order valence-electron chi connectivity index (χ1n) is 9.90. The van der Waals surface area contributed by atoms with Crippen molar-refractivity contribution in [3.05, 3.63) is 24.3 Å². The molecule has 0 saturated heterocycles. The summed E-state index contributed by atoms with van der Waals surface area (Å²) in [6.45, 7) is 11.8. The topological polar surface area (TPSA) is 97.4 Å². The molecule has 0 unspecified atom stereocenters. The lowest BCUT2D eigenvalue weighted by molar-refractivity contribution is -0.140. The Bertz CT molecular complexity index is 535. The average molecular weight is 434 g/mol. The van der Waals surface area contributed by atoms with Crippen molar-refractivity contribution in [2.45, 2.75) is 59.3 Å². The molecule has 0 aliphatic heterocycles. The molecule has 0 N–H and O–H groups in total. The molecule has 0 aliphatic rings. The molecule has 0 saturated carbocycles. The first-order chi connectivity index (χ1) is 13.7. The number of esters is 2. The Labute approximate surface area is 174 Å². The van der Waals surface area contributed by atoms with Crippen LogP contribution in [0.4, 0.5) is 0 Å². The van der Waals surface area contributed by atoms with Crippen molar-refractivity contribution >= 4 is 19.8 Å². The van der Waals surface area contributed by atoms with Gasteiger partial charge in [-0.2, -0.15) is 0 Å². The van der Waals surface area contributed by atoms with Crippen molar-refractivity contribution in [2.24, 2.45) is 0 Å². The molecular formula is C20H35O8P. The summed E-state index contributed by atoms with van der Waals surface area (Å²) in [7, 11) is -3.88. The van der Waals surface area contributed by atoms with E-state index in [1.807, 2.05) is 0 Å². The lowest BCUT2D eigenvalue weighted by atomic mass is 10.1. The summed E-state index contributed by atoms with van der Waals surface area (Å²) in [6.07, 6.45) is 6.26. The molecule has 8 nitrogen and oxygen atoms in total. The molecular weight excluding hydrogens is 399 g/mol. The molecule has 0 heterocycles. The van der Waals surface area contributed by atoms with Gasteiger partial charge in [0.2, 0.25) is 0 Å². The van der Waals surface area contributed by atoms with Gasteiger partial charge in [0, 0.05) is 11.1 Å². The number of phosphoric ester groups is 1. The van der Waals surface area contributed by atoms with E-state index in [2.05, 4.69) is 20.1 Å². The fourth-order valence-corrected chi connectivity index (χ4v) is 3.16. The molecule has 168 valence electrons. The number of hydrogen-bond donors (Lipinski definition) is 0. The van der Waals surface area contributed by atoms with Crippen LogP contribution in [-0.2, 0) is 37.2 Å². The van der Waals surface area contributed by atoms with E-state index < -0.39 is 19.8 Å². The maximum absolute atomic E-state index is 12.7. The molecule has 29 heavy (non-hydrogen) atoms. The van der Waals surface area contributed by atoms with E-state index >= 15 is 0 Å². The zero-order chi connectivity index (χ0) is 22.1. The highest BCUT2D eigenvalue weighted by molar-refractivity contribution is 7.48. The van der Waals surface area contributed by atoms with Crippen LogP contribution in [0.5, 0.6) is 0 Å². The Kier molecular flexibility index (Phi) is 15.5. The van der Waals surface area contributed by atoms with Crippen LogP contribution in [0.1, 0.15) is 59.3 Å². The SMILES string of the molecule is C=C(C)C(=O)OCCOP(=O)(OCCCCCCCC)OCCOC(=O)C(=C)C. The molecule has 0 radical (unpaired) electrons. The second-order valence-electron chi connectivity index (χ2n) is 6.55. The van der Waals surface area contributed by atoms with Crippen LogP contribution in [0.15, 0.2) is 24.3 Å². The molecule has 9 heteroatoms. The Morgan fingerprint density at radius 2 is 1.10 bits per heavy atom. The van der Waals surface area contributed by atoms with Crippen LogP contribution in [-0.4, -0.2) is 45.0 Å². The molecule has 0 amide bonds. The number of rotatable bonds is 18. The minimum absolute atomic E-state index is 0.121. The van der Waals surface area contributed by atoms with Crippen molar-refractivity contribution in [3.8, 4) is 0 Å². The third-order valence-electron chi connectivity index (χ3n) is 3.58. The first kappa shape index (κ1) is 27.5. The van der Waals surface area contributed by atoms with Gasteiger partial charge in [-0.3, -0.25) is 13.6 Å². The van der Waals surface area contributed by atoms with Gasteiger partial charge in [-0.05, 0) is 20.3 Å². The predicted molar refractivity (Wildman–Crippen MR) is 110 cm³/mol. The largest absolute Gasteiger partial charge is 0.475 e. The Morgan fingerprint density at radius 1 is 0.690 bits per heavy atom. The van der Waals surface area contributed by atoms with Crippen LogP contribution in [0.2, 0.25) is 0 Å². The second-order valence-corrected chi connectivity index (χ2v) is 8.22. The van der Waals surface area contributed by atoms with E-state index in [9.17, 15) is 14.2 Å². The molecule has 0 fully saturated rings. The van der Waals surface area contributed by atoms with E-state index in [0.717, 1.165) is 25.7 Å². The van der Waals surface area contributed by atoms with Gasteiger partial charge in [-0.1, -0.05) is 52.2 Å². The summed E-state index contributed by atoms with van der Waals surface area (Å²) in [5.74, 6) is -1.13. The number of hydrogen-bond acceptors (Lipinski definition) is 8. The van der Waals surface area contributed by atoms with Gasteiger partial charge in [0.25, 0.3) is 0 Å². The number of ether oxygens (including phenoxy) is 2. The zero-order valence-electron chi connectivity index (χ0n) is 17.9. The summed E-state index contributed by atoms with van der Waals surface area (Å²) < 4.78 is 38.3. The smallest absolute Gasteiger partial charge is 0.460 e. The Hall–Kier alpha value is -1.47. The monoisotopic (exact) mass is 434 g/mol. The minimum atomic E-state index is -3.88. The maximum Gasteiger partial charge on any atom is 0.475 e. The maximum atomic E-state index is 12.7. The van der Waals surface area contributed by atoms with Crippen LogP contribution in [0.3, 0.4) is 0 Å². The third-order valence-corrected chi connectivity index (χ3v) is 5.07. The zero-order valence-corrected chi connectivity index (χ0v) is 18.8. The van der Waals surface area contributed by atoms with Crippen molar-refractivity contribution in [1.29, 1.82) is 0 Å². The average Bonchev–Trinajstić information content (AvgIpc) is 2.67. The standard InChI is InChI=1S/C20H35O8P/c1-6-7-8-9-10-11-12-26-29(23,27-15-13-24-19(21)17(2)3)28-16-14-25-20(22)18(4)5/h2,4,6-16H2,1,3,5H3. The van der Waals surface area contributed by atoms with E-state index in [1.54, 1.807) is 0 Å². The fraction of sp³-hybridized carbons (Fsp3) is 0.700. The quantitative estimate of drug-likeness (QED) is 0.132. The summed E-state index contributed by atoms with van der Waals surface area (Å²) in [5.41, 5.74) is 0.506. The summed E-state index contributed by atoms with van der Waals surface area (Å²) in [6, 6.07) is 0. The Balaban J connectivity index is 4.38. The lowest BCUT2D eigenvalue weighted by Gasteiger charge is -2.18. The highest BCUT2D eigenvalue weighted by Crippen LogP contribution is 2.49. The van der Waals surface area contributed by atoms with Crippen molar-refractivity contribution < 1.29 is 37.2 Å². The number of carbonyl (C=O) groups is 2. The molecule has 0 rings (SSSR count). The van der Waals surface area contributed by atoms with Crippen molar-refractivity contribution in [2.75, 3.05) is 33.0 Å². The molecule has 0 aromatic heterocycles. The van der Waals surface area contributed by atoms with Crippen molar-refractivity contribution in [1.82, 2.24) is 0 Å². The normalized spacial score (nSPS) is 11.1. The van der Waals surface area contributed by atoms with E-state index in [-0.39, 0.29) is 44.2 Å². The lowest BCUT2D eigenvalue weighted by Crippen LogP contribution is -2.14. The number of unbranched alkanes of at least 4 members (excludes halogenated alkanes) is 5. The van der Waals surface area contributed by atoms with Crippen LogP contribution in [0.25, 0.3) is 0 Å². The van der Waals surface area contributed by atoms with Crippen LogP contribution < -0.4 is 0 Å². The van der Waals surface area contributed by atoms with Gasteiger partial charge < -0.3 is 9.47 Å². The van der Waals surface area contributed by atoms with Gasteiger partial charge in [-0.15, -0.1) is 0 Å². The molecule has 0 atom stereocenters. The van der Waals surface area contributed by atoms with E-state index in [4.69, 9.17) is 23.0 Å². The number of carbonyl (C=O) groups excluding carboxylic acids is 2. The van der Waals surface area contributed by atoms with Gasteiger partial charge in [-0.25, -0.2) is 14.2 Å². The molecule has 0 aliphatic carbocycles.